The molecule has 0 fully saturated rings. The molecule has 0 saturated carbocycles. The molecule has 0 radical (unpaired) electrons. The van der Waals surface area contributed by atoms with Crippen LogP contribution >= 0.6 is 23.4 Å². The molecule has 0 spiro atoms. The first-order chi connectivity index (χ1) is 13.7. The lowest BCUT2D eigenvalue weighted by atomic mass is 9.90. The lowest BCUT2D eigenvalue weighted by molar-refractivity contribution is -0.0813. The van der Waals surface area contributed by atoms with Gasteiger partial charge in [-0.25, -0.2) is 0 Å². The summed E-state index contributed by atoms with van der Waals surface area (Å²) in [6.45, 7) is 7.32. The molecule has 29 heavy (non-hydrogen) atoms. The quantitative estimate of drug-likeness (QED) is 0.304. The highest BCUT2D eigenvalue weighted by Crippen LogP contribution is 2.43. The summed E-state index contributed by atoms with van der Waals surface area (Å²) in [5.74, 6) is 0. The van der Waals surface area contributed by atoms with E-state index in [0.29, 0.717) is 0 Å². The van der Waals surface area contributed by atoms with Gasteiger partial charge in [0, 0.05) is 47.9 Å². The van der Waals surface area contributed by atoms with Crippen molar-refractivity contribution in [3.8, 4) is 0 Å². The summed E-state index contributed by atoms with van der Waals surface area (Å²) < 4.78 is 14.7. The Morgan fingerprint density at radius 2 is 1.62 bits per heavy atom. The zero-order valence-corrected chi connectivity index (χ0v) is 18.4. The molecule has 5 aromatic rings. The van der Waals surface area contributed by atoms with Gasteiger partial charge in [-0.15, -0.1) is 11.3 Å². The van der Waals surface area contributed by atoms with Crippen molar-refractivity contribution >= 4 is 65.5 Å². The topological polar surface area (TPSA) is 42.6 Å². The summed E-state index contributed by atoms with van der Waals surface area (Å²) in [4.78, 5) is 0.981. The smallest absolute Gasteiger partial charge is 0.136 e. The van der Waals surface area contributed by atoms with Gasteiger partial charge < -0.3 is 13.7 Å². The first-order valence-electron chi connectivity index (χ1n) is 9.59. The maximum Gasteiger partial charge on any atom is 0.136 e. The van der Waals surface area contributed by atoms with Crippen molar-refractivity contribution in [3.63, 3.8) is 0 Å². The first-order valence-corrected chi connectivity index (χ1v) is 11.1. The molecule has 3 aromatic carbocycles. The van der Waals surface area contributed by atoms with Gasteiger partial charge in [0.2, 0.25) is 0 Å². The Bertz CT molecular complexity index is 1370. The van der Waals surface area contributed by atoms with Gasteiger partial charge in [0.1, 0.15) is 16.8 Å². The molecule has 5 heteroatoms. The Morgan fingerprint density at radius 3 is 2.41 bits per heavy atom. The van der Waals surface area contributed by atoms with Gasteiger partial charge in [0.25, 0.3) is 0 Å². The van der Waals surface area contributed by atoms with Crippen LogP contribution in [0.3, 0.4) is 0 Å². The standard InChI is InChI=1S/C24H22O3S2/c1-23(2,25)24(3,4)27-29-14-9-10-17-16(13-14)21-18(26-17)11-12-20-22(21)15-7-5-6-8-19(15)28-20/h5-13,25H,1-4H3. The van der Waals surface area contributed by atoms with Crippen molar-refractivity contribution in [2.75, 3.05) is 0 Å². The second kappa shape index (κ2) is 6.47. The van der Waals surface area contributed by atoms with Gasteiger partial charge in [-0.05, 0) is 64.1 Å². The van der Waals surface area contributed by atoms with Crippen molar-refractivity contribution in [1.29, 1.82) is 0 Å². The number of fused-ring (bicyclic) bond motifs is 7. The minimum atomic E-state index is -0.950. The summed E-state index contributed by atoms with van der Waals surface area (Å²) >= 11 is 3.10. The molecular formula is C24H22O3S2. The molecule has 0 amide bonds. The number of rotatable bonds is 4. The van der Waals surface area contributed by atoms with E-state index in [1.165, 1.54) is 32.2 Å². The molecule has 0 aliphatic carbocycles. The predicted octanol–water partition coefficient (Wildman–Crippen LogP) is 7.53. The van der Waals surface area contributed by atoms with Crippen LogP contribution in [0.2, 0.25) is 0 Å². The molecule has 0 saturated heterocycles. The molecule has 0 atom stereocenters. The van der Waals surface area contributed by atoms with E-state index in [0.717, 1.165) is 26.8 Å². The number of thiophene rings is 1. The number of hydrogen-bond donors (Lipinski definition) is 1. The second-order valence-electron chi connectivity index (χ2n) is 8.41. The van der Waals surface area contributed by atoms with Gasteiger partial charge >= 0.3 is 0 Å². The Hall–Kier alpha value is -2.05. The lowest BCUT2D eigenvalue weighted by Gasteiger charge is -2.35. The highest BCUT2D eigenvalue weighted by molar-refractivity contribution is 7.94. The summed E-state index contributed by atoms with van der Waals surface area (Å²) in [5.41, 5.74) is 0.126. The van der Waals surface area contributed by atoms with Gasteiger partial charge in [0.15, 0.2) is 0 Å². The van der Waals surface area contributed by atoms with Crippen molar-refractivity contribution in [1.82, 2.24) is 0 Å². The van der Waals surface area contributed by atoms with Crippen LogP contribution in [0.25, 0.3) is 42.1 Å². The predicted molar refractivity (Wildman–Crippen MR) is 124 cm³/mol. The number of benzene rings is 3. The monoisotopic (exact) mass is 422 g/mol. The molecule has 5 rings (SSSR count). The third-order valence-corrected chi connectivity index (χ3v) is 7.85. The van der Waals surface area contributed by atoms with E-state index >= 15 is 0 Å². The zero-order valence-electron chi connectivity index (χ0n) is 16.8. The van der Waals surface area contributed by atoms with Gasteiger partial charge in [0.05, 0.1) is 5.60 Å². The second-order valence-corrected chi connectivity index (χ2v) is 10.3. The van der Waals surface area contributed by atoms with Crippen LogP contribution in [0, 0.1) is 0 Å². The maximum absolute atomic E-state index is 10.3. The summed E-state index contributed by atoms with van der Waals surface area (Å²) in [7, 11) is 0. The Kier molecular flexibility index (Phi) is 4.23. The molecule has 3 nitrogen and oxygen atoms in total. The van der Waals surface area contributed by atoms with Crippen LogP contribution in [0.4, 0.5) is 0 Å². The molecular weight excluding hydrogens is 400 g/mol. The van der Waals surface area contributed by atoms with E-state index in [1.807, 2.05) is 37.3 Å². The van der Waals surface area contributed by atoms with Crippen molar-refractivity contribution < 1.29 is 13.7 Å². The Labute approximate surface area is 177 Å². The molecule has 2 heterocycles. The SMILES string of the molecule is CC(C)(O)C(C)(C)OSc1ccc2oc3ccc4sc5ccccc5c4c3c2c1. The number of aliphatic hydroxyl groups is 1. The fraction of sp³-hybridized carbons (Fsp3) is 0.250. The normalized spacial score (nSPS) is 13.3. The summed E-state index contributed by atoms with van der Waals surface area (Å²) in [5, 5.41) is 15.1. The van der Waals surface area contributed by atoms with E-state index < -0.39 is 11.2 Å². The largest absolute Gasteiger partial charge is 0.456 e. The molecule has 0 bridgehead atoms. The molecule has 1 N–H and O–H groups in total. The van der Waals surface area contributed by atoms with Gasteiger partial charge in [-0.3, -0.25) is 0 Å². The Morgan fingerprint density at radius 1 is 0.862 bits per heavy atom. The van der Waals surface area contributed by atoms with Crippen molar-refractivity contribution in [2.45, 2.75) is 43.8 Å². The van der Waals surface area contributed by atoms with Crippen molar-refractivity contribution in [2.24, 2.45) is 0 Å². The van der Waals surface area contributed by atoms with Gasteiger partial charge in [-0.2, -0.15) is 0 Å². The van der Waals surface area contributed by atoms with Crippen LogP contribution in [0.1, 0.15) is 27.7 Å². The molecule has 0 aliphatic heterocycles. The van der Waals surface area contributed by atoms with Crippen LogP contribution in [-0.4, -0.2) is 16.3 Å². The van der Waals surface area contributed by atoms with E-state index in [4.69, 9.17) is 8.60 Å². The minimum Gasteiger partial charge on any atom is -0.456 e. The third-order valence-electron chi connectivity index (χ3n) is 5.77. The fourth-order valence-corrected chi connectivity index (χ4v) is 5.28. The zero-order chi connectivity index (χ0) is 20.4. The molecule has 148 valence electrons. The van der Waals surface area contributed by atoms with Crippen molar-refractivity contribution in [3.05, 3.63) is 54.6 Å². The summed E-state index contributed by atoms with van der Waals surface area (Å²) in [6.07, 6.45) is 0. The minimum absolute atomic E-state index is 0.693. The maximum atomic E-state index is 10.3. The third kappa shape index (κ3) is 3.04. The van der Waals surface area contributed by atoms with E-state index in [2.05, 4.69) is 42.5 Å². The van der Waals surface area contributed by atoms with E-state index in [-0.39, 0.29) is 0 Å². The highest BCUT2D eigenvalue weighted by atomic mass is 32.2. The summed E-state index contributed by atoms with van der Waals surface area (Å²) in [6, 6.07) is 18.8. The van der Waals surface area contributed by atoms with Crippen LogP contribution in [0.5, 0.6) is 0 Å². The van der Waals surface area contributed by atoms with Crippen LogP contribution in [0.15, 0.2) is 63.9 Å². The highest BCUT2D eigenvalue weighted by Gasteiger charge is 2.37. The Balaban J connectivity index is 1.67. The van der Waals surface area contributed by atoms with E-state index in [1.54, 1.807) is 13.8 Å². The number of hydrogen-bond acceptors (Lipinski definition) is 5. The molecule has 2 aromatic heterocycles. The fourth-order valence-electron chi connectivity index (χ4n) is 3.37. The average Bonchev–Trinajstić information content (AvgIpc) is 3.22. The van der Waals surface area contributed by atoms with Crippen LogP contribution in [-0.2, 0) is 4.18 Å². The number of furan rings is 1. The molecule has 0 aliphatic rings. The first kappa shape index (κ1) is 18.9. The lowest BCUT2D eigenvalue weighted by Crippen LogP contribution is -2.45. The van der Waals surface area contributed by atoms with Crippen LogP contribution < -0.4 is 0 Å². The van der Waals surface area contributed by atoms with E-state index in [9.17, 15) is 5.11 Å². The molecule has 0 unspecified atom stereocenters. The van der Waals surface area contributed by atoms with Gasteiger partial charge in [-0.1, -0.05) is 18.2 Å². The average molecular weight is 423 g/mol.